The van der Waals surface area contributed by atoms with Gasteiger partial charge in [0.15, 0.2) is 0 Å². The van der Waals surface area contributed by atoms with Crippen LogP contribution in [0.5, 0.6) is 0 Å². The molecule has 20 heavy (non-hydrogen) atoms. The summed E-state index contributed by atoms with van der Waals surface area (Å²) in [5.74, 6) is -0.0540. The highest BCUT2D eigenvalue weighted by Gasteiger charge is 2.06. The van der Waals surface area contributed by atoms with Crippen LogP contribution < -0.4 is 5.32 Å². The zero-order chi connectivity index (χ0) is 14.2. The van der Waals surface area contributed by atoms with Crippen molar-refractivity contribution in [3.05, 3.63) is 30.0 Å². The second-order valence-electron chi connectivity index (χ2n) is 4.75. The zero-order valence-corrected chi connectivity index (χ0v) is 11.8. The van der Waals surface area contributed by atoms with Crippen molar-refractivity contribution >= 4 is 16.8 Å². The second-order valence-corrected chi connectivity index (χ2v) is 4.75. The van der Waals surface area contributed by atoms with Crippen LogP contribution in [0, 0.1) is 0 Å². The van der Waals surface area contributed by atoms with Gasteiger partial charge in [-0.25, -0.2) is 0 Å². The molecule has 0 fully saturated rings. The van der Waals surface area contributed by atoms with Crippen molar-refractivity contribution in [1.29, 1.82) is 0 Å². The number of ether oxygens (including phenoxy) is 1. The number of rotatable bonds is 8. The highest BCUT2D eigenvalue weighted by atomic mass is 16.5. The van der Waals surface area contributed by atoms with Gasteiger partial charge in [0.1, 0.15) is 0 Å². The van der Waals surface area contributed by atoms with E-state index >= 15 is 0 Å². The number of nitrogens with zero attached hydrogens (tertiary/aromatic N) is 1. The van der Waals surface area contributed by atoms with Crippen molar-refractivity contribution in [2.45, 2.75) is 26.2 Å². The molecule has 0 aliphatic carbocycles. The summed E-state index contributed by atoms with van der Waals surface area (Å²) in [6.45, 7) is 4.28. The van der Waals surface area contributed by atoms with Crippen LogP contribution in [-0.2, 0) is 4.74 Å². The number of unbranched alkanes of at least 4 members (excludes halogenated alkanes) is 1. The van der Waals surface area contributed by atoms with Gasteiger partial charge in [0, 0.05) is 30.7 Å². The van der Waals surface area contributed by atoms with E-state index in [9.17, 15) is 4.79 Å². The molecule has 0 saturated carbocycles. The maximum Gasteiger partial charge on any atom is 0.251 e. The molecule has 1 heterocycles. The van der Waals surface area contributed by atoms with Crippen LogP contribution >= 0.6 is 0 Å². The number of hydrogen-bond donors (Lipinski definition) is 2. The minimum absolute atomic E-state index is 0.0540. The first kappa shape index (κ1) is 14.5. The molecular formula is C15H21N3O2. The first-order valence-electron chi connectivity index (χ1n) is 7.10. The number of aromatic amines is 1. The third kappa shape index (κ3) is 4.06. The Hall–Kier alpha value is -1.88. The topological polar surface area (TPSA) is 67.0 Å². The van der Waals surface area contributed by atoms with Gasteiger partial charge in [-0.05, 0) is 31.0 Å². The Labute approximate surface area is 118 Å². The summed E-state index contributed by atoms with van der Waals surface area (Å²) in [6, 6.07) is 5.50. The van der Waals surface area contributed by atoms with Crippen LogP contribution in [0.25, 0.3) is 10.9 Å². The van der Waals surface area contributed by atoms with Gasteiger partial charge in [-0.15, -0.1) is 0 Å². The SMILES string of the molecule is CCCCOCCCNC(=O)c1ccc2[nH]ncc2c1. The lowest BCUT2D eigenvalue weighted by molar-refractivity contribution is 0.0940. The van der Waals surface area contributed by atoms with Crippen molar-refractivity contribution in [2.24, 2.45) is 0 Å². The predicted molar refractivity (Wildman–Crippen MR) is 78.8 cm³/mol. The minimum Gasteiger partial charge on any atom is -0.381 e. The highest BCUT2D eigenvalue weighted by Crippen LogP contribution is 2.12. The molecule has 0 bridgehead atoms. The molecule has 0 saturated heterocycles. The smallest absolute Gasteiger partial charge is 0.251 e. The fourth-order valence-electron chi connectivity index (χ4n) is 1.91. The molecule has 108 valence electrons. The number of nitrogens with one attached hydrogen (secondary N) is 2. The molecule has 5 heteroatoms. The molecule has 0 aliphatic rings. The molecule has 1 aromatic heterocycles. The summed E-state index contributed by atoms with van der Waals surface area (Å²) < 4.78 is 5.45. The predicted octanol–water partition coefficient (Wildman–Crippen LogP) is 2.50. The van der Waals surface area contributed by atoms with Gasteiger partial charge < -0.3 is 10.1 Å². The number of fused-ring (bicyclic) bond motifs is 1. The number of H-pyrrole nitrogens is 1. The fourth-order valence-corrected chi connectivity index (χ4v) is 1.91. The van der Waals surface area contributed by atoms with Gasteiger partial charge in [0.2, 0.25) is 0 Å². The fraction of sp³-hybridized carbons (Fsp3) is 0.467. The van der Waals surface area contributed by atoms with Gasteiger partial charge >= 0.3 is 0 Å². The molecule has 1 aromatic carbocycles. The van der Waals surface area contributed by atoms with E-state index in [4.69, 9.17) is 4.74 Å². The Kier molecular flexibility index (Phi) is 5.55. The first-order valence-corrected chi connectivity index (χ1v) is 7.10. The van der Waals surface area contributed by atoms with Gasteiger partial charge in [-0.1, -0.05) is 13.3 Å². The Morgan fingerprint density at radius 2 is 2.20 bits per heavy atom. The third-order valence-electron chi connectivity index (χ3n) is 3.10. The van der Waals surface area contributed by atoms with Crippen molar-refractivity contribution in [3.8, 4) is 0 Å². The molecule has 5 nitrogen and oxygen atoms in total. The first-order chi connectivity index (χ1) is 9.81. The molecule has 0 atom stereocenters. The molecule has 2 aromatic rings. The average Bonchev–Trinajstić information content (AvgIpc) is 2.93. The van der Waals surface area contributed by atoms with E-state index in [0.29, 0.717) is 18.7 Å². The van der Waals surface area contributed by atoms with E-state index in [1.54, 1.807) is 12.3 Å². The van der Waals surface area contributed by atoms with Crippen LogP contribution in [0.1, 0.15) is 36.5 Å². The minimum atomic E-state index is -0.0540. The number of carbonyl (C=O) groups excluding carboxylic acids is 1. The Morgan fingerprint density at radius 3 is 3.05 bits per heavy atom. The highest BCUT2D eigenvalue weighted by molar-refractivity contribution is 5.97. The Bertz CT molecular complexity index is 551. The van der Waals surface area contributed by atoms with Crippen LogP contribution in [0.2, 0.25) is 0 Å². The largest absolute Gasteiger partial charge is 0.381 e. The quantitative estimate of drug-likeness (QED) is 0.727. The van der Waals surface area contributed by atoms with Crippen molar-refractivity contribution in [2.75, 3.05) is 19.8 Å². The monoisotopic (exact) mass is 275 g/mol. The molecule has 0 unspecified atom stereocenters. The van der Waals surface area contributed by atoms with E-state index in [1.165, 1.54) is 0 Å². The maximum absolute atomic E-state index is 12.0. The summed E-state index contributed by atoms with van der Waals surface area (Å²) in [6.07, 6.45) is 4.79. The van der Waals surface area contributed by atoms with Crippen LogP contribution in [0.3, 0.4) is 0 Å². The average molecular weight is 275 g/mol. The molecule has 2 N–H and O–H groups in total. The molecule has 0 radical (unpaired) electrons. The van der Waals surface area contributed by atoms with E-state index < -0.39 is 0 Å². The number of benzene rings is 1. The number of carbonyl (C=O) groups is 1. The van der Waals surface area contributed by atoms with E-state index in [-0.39, 0.29) is 5.91 Å². The molecule has 1 amide bonds. The van der Waals surface area contributed by atoms with Crippen LogP contribution in [0.15, 0.2) is 24.4 Å². The third-order valence-corrected chi connectivity index (χ3v) is 3.10. The van der Waals surface area contributed by atoms with Gasteiger partial charge in [0.25, 0.3) is 5.91 Å². The van der Waals surface area contributed by atoms with Gasteiger partial charge in [-0.2, -0.15) is 5.10 Å². The van der Waals surface area contributed by atoms with E-state index in [0.717, 1.165) is 36.8 Å². The second kappa shape index (κ2) is 7.65. The van der Waals surface area contributed by atoms with Crippen molar-refractivity contribution in [3.63, 3.8) is 0 Å². The number of hydrogen-bond acceptors (Lipinski definition) is 3. The lowest BCUT2D eigenvalue weighted by Crippen LogP contribution is -2.25. The summed E-state index contributed by atoms with van der Waals surface area (Å²) in [5.41, 5.74) is 1.59. The standard InChI is InChI=1S/C15H21N3O2/c1-2-3-8-20-9-4-7-16-15(19)12-5-6-14-13(10-12)11-17-18-14/h5-6,10-11H,2-4,7-9H2,1H3,(H,16,19)(H,17,18). The van der Waals surface area contributed by atoms with E-state index in [2.05, 4.69) is 22.4 Å². The van der Waals surface area contributed by atoms with Gasteiger partial charge in [-0.3, -0.25) is 9.89 Å². The number of amides is 1. The summed E-state index contributed by atoms with van der Waals surface area (Å²) in [5, 5.41) is 10.6. The van der Waals surface area contributed by atoms with Crippen molar-refractivity contribution < 1.29 is 9.53 Å². The van der Waals surface area contributed by atoms with E-state index in [1.807, 2.05) is 12.1 Å². The van der Waals surface area contributed by atoms with Crippen LogP contribution in [0.4, 0.5) is 0 Å². The summed E-state index contributed by atoms with van der Waals surface area (Å²) in [7, 11) is 0. The molecular weight excluding hydrogens is 254 g/mol. The zero-order valence-electron chi connectivity index (χ0n) is 11.8. The summed E-state index contributed by atoms with van der Waals surface area (Å²) >= 11 is 0. The van der Waals surface area contributed by atoms with Crippen molar-refractivity contribution in [1.82, 2.24) is 15.5 Å². The lowest BCUT2D eigenvalue weighted by atomic mass is 10.1. The molecule has 0 aliphatic heterocycles. The molecule has 2 rings (SSSR count). The summed E-state index contributed by atoms with van der Waals surface area (Å²) in [4.78, 5) is 12.0. The normalized spacial score (nSPS) is 10.8. The maximum atomic E-state index is 12.0. The van der Waals surface area contributed by atoms with Gasteiger partial charge in [0.05, 0.1) is 11.7 Å². The Balaban J connectivity index is 1.71. The molecule has 0 spiro atoms. The number of aromatic nitrogens is 2. The lowest BCUT2D eigenvalue weighted by Gasteiger charge is -2.06. The van der Waals surface area contributed by atoms with Crippen LogP contribution in [-0.4, -0.2) is 35.9 Å². The Morgan fingerprint density at radius 1 is 1.35 bits per heavy atom.